The smallest absolute Gasteiger partial charge is 0.274 e. The van der Waals surface area contributed by atoms with Crippen molar-refractivity contribution in [3.05, 3.63) is 30.3 Å². The van der Waals surface area contributed by atoms with Crippen LogP contribution in [0.4, 0.5) is 5.69 Å². The maximum Gasteiger partial charge on any atom is 0.274 e. The molecular formula is C13H21N3O+2. The average molecular weight is 235 g/mol. The Balaban J connectivity index is 1.84. The molecule has 1 saturated heterocycles. The Kier molecular flexibility index (Phi) is 4.12. The molecule has 2 rings (SSSR count). The second-order valence-electron chi connectivity index (χ2n) is 4.57. The minimum atomic E-state index is 0.142. The van der Waals surface area contributed by atoms with Crippen LogP contribution in [-0.2, 0) is 4.79 Å². The van der Waals surface area contributed by atoms with Crippen LogP contribution < -0.4 is 15.1 Å². The summed E-state index contributed by atoms with van der Waals surface area (Å²) in [6.07, 6.45) is 0. The van der Waals surface area contributed by atoms with E-state index >= 15 is 0 Å². The predicted octanol–water partition coefficient (Wildman–Crippen LogP) is -2.15. The zero-order chi connectivity index (χ0) is 12.1. The first-order valence-corrected chi connectivity index (χ1v) is 6.24. The van der Waals surface area contributed by atoms with Gasteiger partial charge in [-0.15, -0.1) is 0 Å². The summed E-state index contributed by atoms with van der Waals surface area (Å²) in [5, 5.41) is 2.69. The predicted molar refractivity (Wildman–Crippen MR) is 66.4 cm³/mol. The van der Waals surface area contributed by atoms with Crippen molar-refractivity contribution in [1.29, 1.82) is 0 Å². The van der Waals surface area contributed by atoms with Gasteiger partial charge in [0, 0.05) is 7.05 Å². The molecule has 4 heteroatoms. The Morgan fingerprint density at radius 2 is 1.82 bits per heavy atom. The molecule has 1 amide bonds. The number of likely N-dealkylation sites (N-methyl/N-ethyl adjacent to an activating group) is 1. The number of nitrogens with one attached hydrogen (secondary N) is 3. The molecule has 3 N–H and O–H groups in total. The fourth-order valence-corrected chi connectivity index (χ4v) is 2.36. The minimum Gasteiger partial charge on any atom is -0.354 e. The molecule has 4 nitrogen and oxygen atoms in total. The molecule has 1 aliphatic heterocycles. The second-order valence-corrected chi connectivity index (χ2v) is 4.57. The van der Waals surface area contributed by atoms with Gasteiger partial charge in [-0.25, -0.2) is 0 Å². The zero-order valence-corrected chi connectivity index (χ0v) is 10.3. The van der Waals surface area contributed by atoms with E-state index < -0.39 is 0 Å². The molecule has 0 atom stereocenters. The molecule has 1 aromatic rings. The van der Waals surface area contributed by atoms with Crippen molar-refractivity contribution in [3.63, 3.8) is 0 Å². The Morgan fingerprint density at radius 3 is 2.41 bits per heavy atom. The summed E-state index contributed by atoms with van der Waals surface area (Å²) in [6.45, 7) is 4.96. The van der Waals surface area contributed by atoms with Gasteiger partial charge in [-0.2, -0.15) is 0 Å². The Bertz CT molecular complexity index is 358. The SMILES string of the molecule is CNC(=O)C[NH+]1CC[NH+](c2ccccc2)CC1. The van der Waals surface area contributed by atoms with E-state index in [9.17, 15) is 4.79 Å². The van der Waals surface area contributed by atoms with Gasteiger partial charge in [0.2, 0.25) is 0 Å². The van der Waals surface area contributed by atoms with E-state index in [1.165, 1.54) is 15.5 Å². The molecule has 1 fully saturated rings. The standard InChI is InChI=1S/C13H19N3O/c1-14-13(17)11-15-7-9-16(10-8-15)12-5-3-2-4-6-12/h2-6H,7-11H2,1H3,(H,14,17)/p+2. The summed E-state index contributed by atoms with van der Waals surface area (Å²) in [7, 11) is 1.70. The van der Waals surface area contributed by atoms with Crippen molar-refractivity contribution < 1.29 is 14.6 Å². The summed E-state index contributed by atoms with van der Waals surface area (Å²) < 4.78 is 0. The second kappa shape index (κ2) is 5.80. The van der Waals surface area contributed by atoms with Crippen LogP contribution >= 0.6 is 0 Å². The largest absolute Gasteiger partial charge is 0.354 e. The molecule has 17 heavy (non-hydrogen) atoms. The van der Waals surface area contributed by atoms with Crippen molar-refractivity contribution in [2.45, 2.75) is 0 Å². The number of carbonyl (C=O) groups is 1. The molecule has 0 aromatic heterocycles. The van der Waals surface area contributed by atoms with E-state index in [0.717, 1.165) is 26.2 Å². The fourth-order valence-electron chi connectivity index (χ4n) is 2.36. The van der Waals surface area contributed by atoms with Crippen LogP contribution in [0.3, 0.4) is 0 Å². The highest BCUT2D eigenvalue weighted by Gasteiger charge is 2.25. The Labute approximate surface area is 102 Å². The highest BCUT2D eigenvalue weighted by atomic mass is 16.1. The Morgan fingerprint density at radius 1 is 1.18 bits per heavy atom. The zero-order valence-electron chi connectivity index (χ0n) is 10.3. The topological polar surface area (TPSA) is 38.0 Å². The van der Waals surface area contributed by atoms with Gasteiger partial charge in [0.15, 0.2) is 6.54 Å². The van der Waals surface area contributed by atoms with Crippen LogP contribution in [0.5, 0.6) is 0 Å². The molecule has 0 radical (unpaired) electrons. The molecule has 92 valence electrons. The molecule has 1 heterocycles. The number of quaternary nitrogens is 2. The lowest BCUT2D eigenvalue weighted by molar-refractivity contribution is -0.981. The number of carbonyl (C=O) groups excluding carboxylic acids is 1. The van der Waals surface area contributed by atoms with E-state index in [-0.39, 0.29) is 5.91 Å². The lowest BCUT2D eigenvalue weighted by atomic mass is 10.2. The summed E-state index contributed by atoms with van der Waals surface area (Å²) >= 11 is 0. The van der Waals surface area contributed by atoms with E-state index in [4.69, 9.17) is 0 Å². The number of hydrogen-bond acceptors (Lipinski definition) is 1. The molecule has 0 spiro atoms. The van der Waals surface area contributed by atoms with E-state index in [1.807, 2.05) is 0 Å². The molecule has 0 unspecified atom stereocenters. The summed E-state index contributed by atoms with van der Waals surface area (Å²) in [6, 6.07) is 10.6. The van der Waals surface area contributed by atoms with Crippen molar-refractivity contribution in [2.75, 3.05) is 39.8 Å². The normalized spacial score (nSPS) is 24.3. The molecule has 0 aliphatic carbocycles. The summed E-state index contributed by atoms with van der Waals surface area (Å²) in [4.78, 5) is 14.2. The van der Waals surface area contributed by atoms with Gasteiger partial charge in [0.25, 0.3) is 5.91 Å². The van der Waals surface area contributed by atoms with Gasteiger partial charge in [-0.05, 0) is 12.1 Å². The number of amides is 1. The van der Waals surface area contributed by atoms with Crippen LogP contribution in [0, 0.1) is 0 Å². The van der Waals surface area contributed by atoms with Gasteiger partial charge in [-0.1, -0.05) is 18.2 Å². The van der Waals surface area contributed by atoms with Gasteiger partial charge in [-0.3, -0.25) is 9.69 Å². The monoisotopic (exact) mass is 235 g/mol. The quantitative estimate of drug-likeness (QED) is 0.549. The van der Waals surface area contributed by atoms with Gasteiger partial charge < -0.3 is 10.2 Å². The van der Waals surface area contributed by atoms with Crippen LogP contribution in [-0.4, -0.2) is 45.7 Å². The van der Waals surface area contributed by atoms with Crippen LogP contribution in [0.25, 0.3) is 0 Å². The van der Waals surface area contributed by atoms with E-state index in [0.29, 0.717) is 6.54 Å². The number of hydrogen-bond donors (Lipinski definition) is 3. The van der Waals surface area contributed by atoms with Crippen molar-refractivity contribution in [1.82, 2.24) is 5.32 Å². The van der Waals surface area contributed by atoms with Crippen molar-refractivity contribution in [3.8, 4) is 0 Å². The highest BCUT2D eigenvalue weighted by Crippen LogP contribution is 1.97. The highest BCUT2D eigenvalue weighted by molar-refractivity contribution is 5.76. The Hall–Kier alpha value is -1.39. The molecular weight excluding hydrogens is 214 g/mol. The first-order valence-electron chi connectivity index (χ1n) is 6.24. The minimum absolute atomic E-state index is 0.142. The summed E-state index contributed by atoms with van der Waals surface area (Å²) in [5.41, 5.74) is 1.37. The van der Waals surface area contributed by atoms with Crippen molar-refractivity contribution in [2.24, 2.45) is 0 Å². The molecule has 1 aliphatic rings. The van der Waals surface area contributed by atoms with Crippen LogP contribution in [0.2, 0.25) is 0 Å². The number of rotatable bonds is 3. The maximum absolute atomic E-state index is 11.3. The summed E-state index contributed by atoms with van der Waals surface area (Å²) in [5.74, 6) is 0.142. The average Bonchev–Trinajstić information content (AvgIpc) is 2.40. The number of benzene rings is 1. The van der Waals surface area contributed by atoms with Crippen LogP contribution in [0.15, 0.2) is 30.3 Å². The van der Waals surface area contributed by atoms with E-state index in [2.05, 4.69) is 35.6 Å². The van der Waals surface area contributed by atoms with Gasteiger partial charge in [0.05, 0.1) is 0 Å². The molecule has 0 bridgehead atoms. The van der Waals surface area contributed by atoms with Gasteiger partial charge in [0.1, 0.15) is 31.9 Å². The van der Waals surface area contributed by atoms with Crippen LogP contribution in [0.1, 0.15) is 0 Å². The first-order chi connectivity index (χ1) is 8.29. The number of piperazine rings is 1. The van der Waals surface area contributed by atoms with Gasteiger partial charge >= 0.3 is 0 Å². The van der Waals surface area contributed by atoms with E-state index in [1.54, 1.807) is 7.05 Å². The van der Waals surface area contributed by atoms with Crippen molar-refractivity contribution >= 4 is 11.6 Å². The molecule has 0 saturated carbocycles. The third-order valence-electron chi connectivity index (χ3n) is 3.43. The third-order valence-corrected chi connectivity index (χ3v) is 3.43. The first kappa shape index (κ1) is 12.1. The lowest BCUT2D eigenvalue weighted by Gasteiger charge is -2.28. The maximum atomic E-state index is 11.3. The fraction of sp³-hybridized carbons (Fsp3) is 0.462. The third kappa shape index (κ3) is 3.28. The molecule has 1 aromatic carbocycles. The lowest BCUT2D eigenvalue weighted by Crippen LogP contribution is -3.26. The number of para-hydroxylation sites is 1.